The molecule has 1 rings (SSSR count). The molecule has 0 unspecified atom stereocenters. The van der Waals surface area contributed by atoms with Gasteiger partial charge >= 0.3 is 6.03 Å². The van der Waals surface area contributed by atoms with Gasteiger partial charge in [0.25, 0.3) is 0 Å². The van der Waals surface area contributed by atoms with Crippen molar-refractivity contribution in [3.05, 3.63) is 0 Å². The van der Waals surface area contributed by atoms with Crippen molar-refractivity contribution in [3.63, 3.8) is 0 Å². The molecule has 0 aliphatic carbocycles. The van der Waals surface area contributed by atoms with Crippen molar-refractivity contribution in [1.82, 2.24) is 10.6 Å². The van der Waals surface area contributed by atoms with Gasteiger partial charge in [-0.1, -0.05) is 0 Å². The van der Waals surface area contributed by atoms with Crippen molar-refractivity contribution in [1.29, 1.82) is 0 Å². The smallest absolute Gasteiger partial charge is 0.277 e. The predicted octanol–water partition coefficient (Wildman–Crippen LogP) is -1.64. The van der Waals surface area contributed by atoms with E-state index in [1.807, 2.05) is 10.6 Å². The second-order valence-corrected chi connectivity index (χ2v) is 1.60. The first-order chi connectivity index (χ1) is 4.18. The van der Waals surface area contributed by atoms with Crippen molar-refractivity contribution >= 4 is 40.9 Å². The maximum absolute atomic E-state index is 10.3. The summed E-state index contributed by atoms with van der Waals surface area (Å²) in [7, 11) is 0. The summed E-state index contributed by atoms with van der Waals surface area (Å²) in [6.07, 6.45) is -0.258. The Morgan fingerprint density at radius 3 is 1.70 bits per heavy atom. The van der Waals surface area contributed by atoms with E-state index in [1.54, 1.807) is 0 Å². The van der Waals surface area contributed by atoms with E-state index in [9.17, 15) is 14.4 Å². The van der Waals surface area contributed by atoms with E-state index in [2.05, 4.69) is 0 Å². The average Bonchev–Trinajstić information content (AvgIpc) is 1.59. The second kappa shape index (κ2) is 3.52. The summed E-state index contributed by atoms with van der Waals surface area (Å²) >= 11 is 0. The van der Waals surface area contributed by atoms with E-state index >= 15 is 0 Å². The number of rotatable bonds is 0. The van der Waals surface area contributed by atoms with Crippen LogP contribution >= 0.6 is 0 Å². The summed E-state index contributed by atoms with van der Waals surface area (Å²) in [5.74, 6) is -1.10. The zero-order valence-electron chi connectivity index (χ0n) is 5.14. The number of carbonyl (C=O) groups excluding carboxylic acids is 3. The lowest BCUT2D eigenvalue weighted by molar-refractivity contribution is -0.129. The Morgan fingerprint density at radius 2 is 1.40 bits per heavy atom. The number of hydrogen-bond donors (Lipinski definition) is 2. The molecule has 0 aromatic carbocycles. The largest absolute Gasteiger partial charge is 0.328 e. The van der Waals surface area contributed by atoms with Gasteiger partial charge in [0, 0.05) is 23.1 Å². The molecule has 0 spiro atoms. The maximum Gasteiger partial charge on any atom is 0.328 e. The van der Waals surface area contributed by atoms with Crippen LogP contribution in [0.1, 0.15) is 6.42 Å². The Balaban J connectivity index is 0.000000810. The monoisotopic (exact) mass is 152 g/mol. The summed E-state index contributed by atoms with van der Waals surface area (Å²) in [5.41, 5.74) is 0. The van der Waals surface area contributed by atoms with Crippen LogP contribution in [0, 0.1) is 0 Å². The van der Waals surface area contributed by atoms with E-state index in [0.29, 0.717) is 0 Å². The van der Waals surface area contributed by atoms with Crippen LogP contribution in [0.15, 0.2) is 0 Å². The van der Waals surface area contributed by atoms with Gasteiger partial charge in [-0.05, 0) is 0 Å². The quantitative estimate of drug-likeness (QED) is 0.323. The first-order valence-electron chi connectivity index (χ1n) is 2.32. The molecule has 0 atom stereocenters. The molecule has 0 saturated carbocycles. The molecule has 2 N–H and O–H groups in total. The number of carbonyl (C=O) groups is 3. The van der Waals surface area contributed by atoms with Gasteiger partial charge in [-0.15, -0.1) is 0 Å². The Bertz CT molecular complexity index is 146. The van der Waals surface area contributed by atoms with Gasteiger partial charge in [-0.2, -0.15) is 0 Å². The summed E-state index contributed by atoms with van der Waals surface area (Å²) in [6, 6.07) is -0.740. The van der Waals surface area contributed by atoms with E-state index in [-0.39, 0.29) is 29.5 Å². The zero-order chi connectivity index (χ0) is 6.85. The van der Waals surface area contributed by atoms with Crippen molar-refractivity contribution in [3.8, 4) is 0 Å². The molecule has 1 aliphatic rings. The highest BCUT2D eigenvalue weighted by molar-refractivity contribution is 6.14. The second-order valence-electron chi connectivity index (χ2n) is 1.60. The van der Waals surface area contributed by atoms with Gasteiger partial charge in [0.05, 0.1) is 0 Å². The average molecular weight is 152 g/mol. The molecular formula is C4H4MgN2O3. The molecule has 1 saturated heterocycles. The van der Waals surface area contributed by atoms with Gasteiger partial charge in [0.1, 0.15) is 6.42 Å². The molecule has 0 bridgehead atoms. The Morgan fingerprint density at radius 1 is 1.00 bits per heavy atom. The minimum Gasteiger partial charge on any atom is -0.277 e. The fraction of sp³-hybridized carbons (Fsp3) is 0.250. The zero-order valence-corrected chi connectivity index (χ0v) is 6.55. The Hall–Kier alpha value is -0.624. The summed E-state index contributed by atoms with van der Waals surface area (Å²) in [4.78, 5) is 30.8. The number of amides is 4. The first kappa shape index (κ1) is 9.38. The predicted molar refractivity (Wildman–Crippen MR) is 32.1 cm³/mol. The number of urea groups is 1. The third-order valence-corrected chi connectivity index (χ3v) is 0.827. The SMILES string of the molecule is O=C1CC(=O)NC(=O)N1.[Mg]. The molecule has 50 valence electrons. The fourth-order valence-electron chi connectivity index (χ4n) is 0.519. The summed E-state index contributed by atoms with van der Waals surface area (Å²) < 4.78 is 0. The van der Waals surface area contributed by atoms with Gasteiger partial charge in [0.15, 0.2) is 0 Å². The highest BCUT2D eigenvalue weighted by Crippen LogP contribution is 1.85. The number of hydrogen-bond acceptors (Lipinski definition) is 3. The third-order valence-electron chi connectivity index (χ3n) is 0.827. The molecule has 0 aromatic rings. The van der Waals surface area contributed by atoms with Gasteiger partial charge in [-0.25, -0.2) is 4.79 Å². The van der Waals surface area contributed by atoms with E-state index in [0.717, 1.165) is 0 Å². The molecule has 1 heterocycles. The highest BCUT2D eigenvalue weighted by atomic mass is 24.3. The molecule has 0 aromatic heterocycles. The van der Waals surface area contributed by atoms with Crippen LogP contribution in [-0.2, 0) is 9.59 Å². The van der Waals surface area contributed by atoms with Crippen LogP contribution in [0.25, 0.3) is 0 Å². The lowest BCUT2D eigenvalue weighted by Crippen LogP contribution is -2.49. The van der Waals surface area contributed by atoms with Crippen LogP contribution in [0.5, 0.6) is 0 Å². The lowest BCUT2D eigenvalue weighted by Gasteiger charge is -2.09. The van der Waals surface area contributed by atoms with Crippen molar-refractivity contribution in [2.24, 2.45) is 0 Å². The Labute approximate surface area is 72.7 Å². The standard InChI is InChI=1S/C4H4N2O3.Mg/c7-2-1-3(8)6-4(9)5-2;/h1H2,(H2,5,6,7,8,9);. The molecule has 1 fully saturated rings. The first-order valence-corrected chi connectivity index (χ1v) is 2.32. The van der Waals surface area contributed by atoms with E-state index < -0.39 is 17.8 Å². The van der Waals surface area contributed by atoms with Crippen LogP contribution < -0.4 is 10.6 Å². The Kier molecular flexibility index (Phi) is 3.30. The molecule has 10 heavy (non-hydrogen) atoms. The topological polar surface area (TPSA) is 75.3 Å². The third kappa shape index (κ3) is 2.32. The van der Waals surface area contributed by atoms with Gasteiger partial charge < -0.3 is 0 Å². The maximum atomic E-state index is 10.3. The normalized spacial score (nSPS) is 17.0. The molecule has 1 aliphatic heterocycles. The molecule has 2 radical (unpaired) electrons. The summed E-state index contributed by atoms with van der Waals surface area (Å²) in [6.45, 7) is 0. The van der Waals surface area contributed by atoms with Crippen LogP contribution in [0.2, 0.25) is 0 Å². The van der Waals surface area contributed by atoms with Crippen LogP contribution in [0.4, 0.5) is 4.79 Å². The minimum atomic E-state index is -0.740. The van der Waals surface area contributed by atoms with Gasteiger partial charge in [0.2, 0.25) is 11.8 Å². The minimum absolute atomic E-state index is 0. The van der Waals surface area contributed by atoms with Crippen molar-refractivity contribution < 1.29 is 14.4 Å². The van der Waals surface area contributed by atoms with E-state index in [1.165, 1.54) is 0 Å². The number of nitrogens with one attached hydrogen (secondary N) is 2. The fourth-order valence-corrected chi connectivity index (χ4v) is 0.519. The molecule has 6 heteroatoms. The summed E-state index contributed by atoms with van der Waals surface area (Å²) in [5, 5.41) is 3.80. The molecular weight excluding hydrogens is 148 g/mol. The number of imide groups is 2. The van der Waals surface area contributed by atoms with Crippen LogP contribution in [-0.4, -0.2) is 40.9 Å². The van der Waals surface area contributed by atoms with Crippen LogP contribution in [0.3, 0.4) is 0 Å². The van der Waals surface area contributed by atoms with Crippen molar-refractivity contribution in [2.75, 3.05) is 0 Å². The van der Waals surface area contributed by atoms with Crippen molar-refractivity contribution in [2.45, 2.75) is 6.42 Å². The number of barbiturate groups is 1. The highest BCUT2D eigenvalue weighted by Gasteiger charge is 2.20. The molecule has 4 amide bonds. The lowest BCUT2D eigenvalue weighted by atomic mass is 10.3. The van der Waals surface area contributed by atoms with E-state index in [4.69, 9.17) is 0 Å². The van der Waals surface area contributed by atoms with Gasteiger partial charge in [-0.3, -0.25) is 20.2 Å². The molecule has 5 nitrogen and oxygen atoms in total.